The molecule has 9 nitrogen and oxygen atoms in total. The fourth-order valence-corrected chi connectivity index (χ4v) is 4.24. The van der Waals surface area contributed by atoms with Crippen LogP contribution in [0, 0.1) is 6.92 Å². The van der Waals surface area contributed by atoms with Gasteiger partial charge in [-0.15, -0.1) is 0 Å². The lowest BCUT2D eigenvalue weighted by molar-refractivity contribution is -0.132. The van der Waals surface area contributed by atoms with Gasteiger partial charge in [-0.2, -0.15) is 4.31 Å². The predicted octanol–water partition coefficient (Wildman–Crippen LogP) is 0.925. The second-order valence-corrected chi connectivity index (χ2v) is 8.50. The zero-order valence-electron chi connectivity index (χ0n) is 16.7. The molecule has 0 unspecified atom stereocenters. The largest absolute Gasteiger partial charge is 0.495 e. The van der Waals surface area contributed by atoms with Crippen molar-refractivity contribution in [1.82, 2.24) is 14.1 Å². The van der Waals surface area contributed by atoms with Gasteiger partial charge in [-0.25, -0.2) is 13.2 Å². The van der Waals surface area contributed by atoms with E-state index >= 15 is 0 Å². The van der Waals surface area contributed by atoms with Gasteiger partial charge in [0.1, 0.15) is 10.6 Å². The van der Waals surface area contributed by atoms with Gasteiger partial charge in [0.2, 0.25) is 15.9 Å². The molecular formula is C18H27N3O6S. The van der Waals surface area contributed by atoms with Crippen molar-refractivity contribution in [3.8, 4) is 5.75 Å². The minimum Gasteiger partial charge on any atom is -0.495 e. The van der Waals surface area contributed by atoms with E-state index in [0.717, 1.165) is 9.87 Å². The van der Waals surface area contributed by atoms with Gasteiger partial charge >= 0.3 is 6.09 Å². The molecule has 1 aliphatic rings. The number of aryl methyl sites for hydroxylation is 1. The van der Waals surface area contributed by atoms with Crippen molar-refractivity contribution in [2.75, 3.05) is 53.5 Å². The van der Waals surface area contributed by atoms with Crippen molar-refractivity contribution < 1.29 is 27.5 Å². The molecule has 1 aromatic rings. The number of likely N-dealkylation sites (N-methyl/N-ethyl adjacent to an activating group) is 1. The van der Waals surface area contributed by atoms with Gasteiger partial charge < -0.3 is 19.3 Å². The molecule has 1 heterocycles. The van der Waals surface area contributed by atoms with Gasteiger partial charge in [-0.1, -0.05) is 6.07 Å². The van der Waals surface area contributed by atoms with Gasteiger partial charge in [-0.05, 0) is 31.5 Å². The van der Waals surface area contributed by atoms with Crippen LogP contribution in [0.15, 0.2) is 23.1 Å². The molecule has 0 saturated carbocycles. The monoisotopic (exact) mass is 413 g/mol. The Morgan fingerprint density at radius 3 is 2.32 bits per heavy atom. The average Bonchev–Trinajstić information content (AvgIpc) is 2.68. The molecule has 0 atom stereocenters. The standard InChI is InChI=1S/C18H27N3O6S/c1-5-27-18(23)21-10-8-20(9-11-21)17(22)13-19(3)28(24,25)16-12-14(2)6-7-15(16)26-4/h6-7,12H,5,8-11,13H2,1-4H3. The third-order valence-electron chi connectivity index (χ3n) is 4.52. The van der Waals surface area contributed by atoms with Gasteiger partial charge in [-0.3, -0.25) is 4.79 Å². The van der Waals surface area contributed by atoms with E-state index in [-0.39, 0.29) is 23.1 Å². The first-order chi connectivity index (χ1) is 13.2. The number of carbonyl (C=O) groups excluding carboxylic acids is 2. The van der Waals surface area contributed by atoms with Crippen molar-refractivity contribution in [3.05, 3.63) is 23.8 Å². The van der Waals surface area contributed by atoms with Gasteiger partial charge in [0.25, 0.3) is 0 Å². The Bertz CT molecular complexity index is 819. The van der Waals surface area contributed by atoms with Crippen molar-refractivity contribution in [3.63, 3.8) is 0 Å². The number of carbonyl (C=O) groups is 2. The summed E-state index contributed by atoms with van der Waals surface area (Å²) in [7, 11) is -1.13. The molecule has 2 amide bonds. The molecule has 28 heavy (non-hydrogen) atoms. The lowest BCUT2D eigenvalue weighted by Gasteiger charge is -2.34. The van der Waals surface area contributed by atoms with Crippen LogP contribution >= 0.6 is 0 Å². The summed E-state index contributed by atoms with van der Waals surface area (Å²) < 4.78 is 36.9. The third-order valence-corrected chi connectivity index (χ3v) is 6.35. The van der Waals surface area contributed by atoms with Crippen molar-refractivity contribution in [2.45, 2.75) is 18.7 Å². The number of hydrogen-bond acceptors (Lipinski definition) is 6. The Morgan fingerprint density at radius 2 is 1.75 bits per heavy atom. The molecule has 156 valence electrons. The maximum absolute atomic E-state index is 12.9. The number of hydrogen-bond donors (Lipinski definition) is 0. The molecule has 1 fully saturated rings. The fraction of sp³-hybridized carbons (Fsp3) is 0.556. The quantitative estimate of drug-likeness (QED) is 0.688. The van der Waals surface area contributed by atoms with Gasteiger partial charge in [0.15, 0.2) is 0 Å². The highest BCUT2D eigenvalue weighted by Gasteiger charge is 2.30. The predicted molar refractivity (Wildman–Crippen MR) is 103 cm³/mol. The van der Waals surface area contributed by atoms with Crippen LogP contribution in [0.2, 0.25) is 0 Å². The van der Waals surface area contributed by atoms with Crippen LogP contribution in [0.3, 0.4) is 0 Å². The number of benzene rings is 1. The van der Waals surface area contributed by atoms with Crippen LogP contribution < -0.4 is 4.74 Å². The van der Waals surface area contributed by atoms with E-state index in [4.69, 9.17) is 9.47 Å². The number of amides is 2. The molecule has 0 spiro atoms. The Labute approximate surface area is 165 Å². The van der Waals surface area contributed by atoms with E-state index in [9.17, 15) is 18.0 Å². The van der Waals surface area contributed by atoms with Crippen LogP contribution in [0.4, 0.5) is 4.79 Å². The summed E-state index contributed by atoms with van der Waals surface area (Å²) in [5, 5.41) is 0. The van der Waals surface area contributed by atoms with Crippen LogP contribution in [0.5, 0.6) is 5.75 Å². The molecule has 1 saturated heterocycles. The maximum atomic E-state index is 12.9. The van der Waals surface area contributed by atoms with Crippen LogP contribution in [0.1, 0.15) is 12.5 Å². The molecule has 0 aromatic heterocycles. The van der Waals surface area contributed by atoms with E-state index in [2.05, 4.69) is 0 Å². The summed E-state index contributed by atoms with van der Waals surface area (Å²) in [4.78, 5) is 27.4. The summed E-state index contributed by atoms with van der Waals surface area (Å²) in [6, 6.07) is 4.87. The number of piperazine rings is 1. The fourth-order valence-electron chi connectivity index (χ4n) is 2.88. The number of methoxy groups -OCH3 is 1. The molecule has 2 rings (SSSR count). The number of nitrogens with zero attached hydrogens (tertiary/aromatic N) is 3. The molecule has 0 bridgehead atoms. The molecule has 0 radical (unpaired) electrons. The average molecular weight is 413 g/mol. The SMILES string of the molecule is CCOC(=O)N1CCN(C(=O)CN(C)S(=O)(=O)c2cc(C)ccc2OC)CC1. The first-order valence-corrected chi connectivity index (χ1v) is 10.4. The second-order valence-electron chi connectivity index (χ2n) is 6.48. The lowest BCUT2D eigenvalue weighted by Crippen LogP contribution is -2.52. The normalized spacial score (nSPS) is 14.9. The maximum Gasteiger partial charge on any atom is 0.409 e. The third kappa shape index (κ3) is 4.93. The topological polar surface area (TPSA) is 96.5 Å². The minimum atomic E-state index is -3.89. The van der Waals surface area contributed by atoms with E-state index < -0.39 is 16.1 Å². The molecular weight excluding hydrogens is 386 g/mol. The summed E-state index contributed by atoms with van der Waals surface area (Å²) in [5.41, 5.74) is 0.772. The van der Waals surface area contributed by atoms with E-state index in [0.29, 0.717) is 32.8 Å². The number of rotatable bonds is 6. The van der Waals surface area contributed by atoms with Crippen LogP contribution in [-0.2, 0) is 19.6 Å². The zero-order chi connectivity index (χ0) is 20.9. The highest BCUT2D eigenvalue weighted by Crippen LogP contribution is 2.27. The highest BCUT2D eigenvalue weighted by molar-refractivity contribution is 7.89. The van der Waals surface area contributed by atoms with Crippen LogP contribution in [-0.4, -0.2) is 88.0 Å². The summed E-state index contributed by atoms with van der Waals surface area (Å²) in [6.45, 7) is 4.89. The molecule has 0 N–H and O–H groups in total. The van der Waals surface area contributed by atoms with E-state index in [1.54, 1.807) is 30.9 Å². The number of ether oxygens (including phenoxy) is 2. The minimum absolute atomic E-state index is 0.0254. The highest BCUT2D eigenvalue weighted by atomic mass is 32.2. The van der Waals surface area contributed by atoms with E-state index in [1.165, 1.54) is 25.1 Å². The Morgan fingerprint density at radius 1 is 1.14 bits per heavy atom. The molecule has 10 heteroatoms. The van der Waals surface area contributed by atoms with Crippen molar-refractivity contribution >= 4 is 22.0 Å². The molecule has 1 aliphatic heterocycles. The smallest absolute Gasteiger partial charge is 0.409 e. The Kier molecular flexibility index (Phi) is 7.25. The van der Waals surface area contributed by atoms with Crippen LogP contribution in [0.25, 0.3) is 0 Å². The molecule has 0 aliphatic carbocycles. The second kappa shape index (κ2) is 9.24. The zero-order valence-corrected chi connectivity index (χ0v) is 17.5. The summed E-state index contributed by atoms with van der Waals surface area (Å²) >= 11 is 0. The first kappa shape index (κ1) is 22.0. The Balaban J connectivity index is 2.03. The van der Waals surface area contributed by atoms with Crippen molar-refractivity contribution in [2.24, 2.45) is 0 Å². The van der Waals surface area contributed by atoms with E-state index in [1.807, 2.05) is 0 Å². The Hall–Kier alpha value is -2.33. The summed E-state index contributed by atoms with van der Waals surface area (Å²) in [5.74, 6) is -0.0887. The number of sulfonamides is 1. The summed E-state index contributed by atoms with van der Waals surface area (Å²) in [6.07, 6.45) is -0.402. The van der Waals surface area contributed by atoms with Gasteiger partial charge in [0, 0.05) is 33.2 Å². The van der Waals surface area contributed by atoms with Gasteiger partial charge in [0.05, 0.1) is 20.3 Å². The van der Waals surface area contributed by atoms with Crippen molar-refractivity contribution in [1.29, 1.82) is 0 Å². The first-order valence-electron chi connectivity index (χ1n) is 9.01. The lowest BCUT2D eigenvalue weighted by atomic mass is 10.2. The molecule has 1 aromatic carbocycles.